The fourth-order valence-corrected chi connectivity index (χ4v) is 1.10. The highest BCUT2D eigenvalue weighted by Crippen LogP contribution is 1.97. The molecule has 0 spiro atoms. The van der Waals surface area contributed by atoms with Gasteiger partial charge in [-0.2, -0.15) is 0 Å². The van der Waals surface area contributed by atoms with Crippen LogP contribution in [0.25, 0.3) is 0 Å². The summed E-state index contributed by atoms with van der Waals surface area (Å²) in [6.07, 6.45) is -0.0117. The van der Waals surface area contributed by atoms with Crippen LogP contribution in [0.5, 0.6) is 0 Å². The summed E-state index contributed by atoms with van der Waals surface area (Å²) in [7, 11) is 0. The molecule has 0 saturated carbocycles. The molecule has 18 heavy (non-hydrogen) atoms. The largest absolute Gasteiger partial charge is 0.481 e. The third kappa shape index (κ3) is 7.98. The molecule has 0 rings (SSSR count). The summed E-state index contributed by atoms with van der Waals surface area (Å²) in [6, 6.07) is -1.86. The topological polar surface area (TPSA) is 116 Å². The molecule has 0 fully saturated rings. The van der Waals surface area contributed by atoms with Crippen LogP contribution >= 0.6 is 0 Å². The Balaban J connectivity index is 4.06. The van der Waals surface area contributed by atoms with E-state index in [9.17, 15) is 14.4 Å². The second kappa shape index (κ2) is 8.87. The highest BCUT2D eigenvalue weighted by Gasteiger charge is 2.20. The second-order valence-electron chi connectivity index (χ2n) is 3.40. The monoisotopic (exact) mass is 256 g/mol. The van der Waals surface area contributed by atoms with Gasteiger partial charge in [-0.1, -0.05) is 0 Å². The number of hydrogen-bond acceptors (Lipinski definition) is 3. The van der Waals surface area contributed by atoms with E-state index in [-0.39, 0.29) is 12.8 Å². The number of carboxylic acid groups (broad SMARTS) is 2. The molecule has 0 unspecified atom stereocenters. The molecule has 0 bridgehead atoms. The number of carbonyl (C=O) groups excluding carboxylic acids is 1. The number of rotatable bonds is 7. The van der Waals surface area contributed by atoms with E-state index in [0.717, 1.165) is 0 Å². The Hall–Kier alpha value is -2.23. The van der Waals surface area contributed by atoms with Gasteiger partial charge in [-0.05, 0) is 13.3 Å². The first-order valence-electron chi connectivity index (χ1n) is 5.36. The van der Waals surface area contributed by atoms with Gasteiger partial charge in [0.15, 0.2) is 0 Å². The van der Waals surface area contributed by atoms with E-state index < -0.39 is 24.0 Å². The molecule has 0 aliphatic heterocycles. The number of amides is 2. The molecule has 0 radical (unpaired) electrons. The normalized spacial score (nSPS) is 10.7. The minimum atomic E-state index is -1.26. The van der Waals surface area contributed by atoms with Gasteiger partial charge >= 0.3 is 18.0 Å². The van der Waals surface area contributed by atoms with Crippen LogP contribution in [0.15, 0.2) is 0 Å². The highest BCUT2D eigenvalue weighted by atomic mass is 16.4. The summed E-state index contributed by atoms with van der Waals surface area (Å²) < 4.78 is 0. The van der Waals surface area contributed by atoms with Crippen molar-refractivity contribution >= 4 is 18.0 Å². The summed E-state index contributed by atoms with van der Waals surface area (Å²) in [4.78, 5) is 32.4. The third-order valence-electron chi connectivity index (χ3n) is 1.96. The maximum atomic E-state index is 11.3. The van der Waals surface area contributed by atoms with Crippen molar-refractivity contribution in [3.05, 3.63) is 0 Å². The Kier molecular flexibility index (Phi) is 7.77. The molecule has 1 atom stereocenters. The molecule has 0 aliphatic carbocycles. The molecule has 7 nitrogen and oxygen atoms in total. The average Bonchev–Trinajstić information content (AvgIpc) is 2.29. The van der Waals surface area contributed by atoms with E-state index in [4.69, 9.17) is 10.2 Å². The van der Waals surface area contributed by atoms with E-state index >= 15 is 0 Å². The summed E-state index contributed by atoms with van der Waals surface area (Å²) >= 11 is 0. The van der Waals surface area contributed by atoms with Crippen molar-refractivity contribution in [2.45, 2.75) is 32.2 Å². The van der Waals surface area contributed by atoms with Crippen LogP contribution in [0.4, 0.5) is 4.79 Å². The van der Waals surface area contributed by atoms with Gasteiger partial charge in [0.05, 0.1) is 0 Å². The number of carbonyl (C=O) groups is 3. The van der Waals surface area contributed by atoms with Crippen molar-refractivity contribution < 1.29 is 24.6 Å². The van der Waals surface area contributed by atoms with E-state index in [1.54, 1.807) is 6.92 Å². The summed E-state index contributed by atoms with van der Waals surface area (Å²) in [5, 5.41) is 21.8. The van der Waals surface area contributed by atoms with E-state index in [0.29, 0.717) is 13.0 Å². The third-order valence-corrected chi connectivity index (χ3v) is 1.96. The Morgan fingerprint density at radius 1 is 1.28 bits per heavy atom. The maximum absolute atomic E-state index is 11.3. The standard InChI is InChI=1S/C11H16N2O5/c1-2-3-4-7-12-11(18)13-8(10(16)17)5-6-9(14)15/h8H,4-7H2,1H3,(H,14,15)(H,16,17)(H2,12,13,18)/t8-/m0/s1. The van der Waals surface area contributed by atoms with Gasteiger partial charge in [-0.15, -0.1) is 11.8 Å². The van der Waals surface area contributed by atoms with Gasteiger partial charge in [-0.3, -0.25) is 4.79 Å². The minimum absolute atomic E-state index is 0.160. The molecule has 4 N–H and O–H groups in total. The number of hydrogen-bond donors (Lipinski definition) is 4. The molecule has 0 aromatic heterocycles. The zero-order chi connectivity index (χ0) is 14.0. The molecule has 2 amide bonds. The number of urea groups is 1. The van der Waals surface area contributed by atoms with Gasteiger partial charge in [0, 0.05) is 19.4 Å². The predicted octanol–water partition coefficient (Wildman–Crippen LogP) is 0.0170. The van der Waals surface area contributed by atoms with E-state index in [1.165, 1.54) is 0 Å². The Morgan fingerprint density at radius 2 is 1.94 bits per heavy atom. The lowest BCUT2D eigenvalue weighted by Gasteiger charge is -2.13. The van der Waals surface area contributed by atoms with Crippen molar-refractivity contribution in [2.75, 3.05) is 6.54 Å². The van der Waals surface area contributed by atoms with Gasteiger partial charge < -0.3 is 20.8 Å². The van der Waals surface area contributed by atoms with Gasteiger partial charge in [-0.25, -0.2) is 9.59 Å². The van der Waals surface area contributed by atoms with Crippen LogP contribution in [-0.4, -0.2) is 40.8 Å². The molecule has 0 aromatic rings. The van der Waals surface area contributed by atoms with Gasteiger partial charge in [0.25, 0.3) is 0 Å². The van der Waals surface area contributed by atoms with Crippen molar-refractivity contribution in [2.24, 2.45) is 0 Å². The van der Waals surface area contributed by atoms with E-state index in [1.807, 2.05) is 0 Å². The maximum Gasteiger partial charge on any atom is 0.326 e. The molecule has 0 heterocycles. The first-order chi connectivity index (χ1) is 8.47. The zero-order valence-electron chi connectivity index (χ0n) is 10.0. The van der Waals surface area contributed by atoms with E-state index in [2.05, 4.69) is 22.5 Å². The molecule has 0 saturated heterocycles. The summed E-state index contributed by atoms with van der Waals surface area (Å²) in [5.41, 5.74) is 0. The molecule has 0 aliphatic rings. The second-order valence-corrected chi connectivity index (χ2v) is 3.40. The SMILES string of the molecule is CC#CCCNC(=O)N[C@@H](CCC(=O)O)C(=O)O. The lowest BCUT2D eigenvalue weighted by atomic mass is 10.1. The minimum Gasteiger partial charge on any atom is -0.481 e. The van der Waals surface area contributed by atoms with Crippen LogP contribution in [0.3, 0.4) is 0 Å². The van der Waals surface area contributed by atoms with Gasteiger partial charge in [0.2, 0.25) is 0 Å². The Labute approximate surface area is 105 Å². The first-order valence-corrected chi connectivity index (χ1v) is 5.36. The average molecular weight is 256 g/mol. The highest BCUT2D eigenvalue weighted by molar-refractivity contribution is 5.82. The van der Waals surface area contributed by atoms with Gasteiger partial charge in [0.1, 0.15) is 6.04 Å². The van der Waals surface area contributed by atoms with Crippen molar-refractivity contribution in [1.29, 1.82) is 0 Å². The lowest BCUT2D eigenvalue weighted by molar-refractivity contribution is -0.140. The quantitative estimate of drug-likeness (QED) is 0.378. The predicted molar refractivity (Wildman–Crippen MR) is 62.9 cm³/mol. The molecule has 7 heteroatoms. The number of aliphatic carboxylic acids is 2. The molecular weight excluding hydrogens is 240 g/mol. The van der Waals surface area contributed by atoms with Crippen LogP contribution in [0, 0.1) is 11.8 Å². The first kappa shape index (κ1) is 15.8. The van der Waals surface area contributed by atoms with Crippen LogP contribution in [0.2, 0.25) is 0 Å². The molecular formula is C11H16N2O5. The van der Waals surface area contributed by atoms with Crippen molar-refractivity contribution in [3.8, 4) is 11.8 Å². The van der Waals surface area contributed by atoms with Crippen molar-refractivity contribution in [3.63, 3.8) is 0 Å². The number of carboxylic acids is 2. The fourth-order valence-electron chi connectivity index (χ4n) is 1.10. The number of nitrogens with one attached hydrogen (secondary N) is 2. The Bertz CT molecular complexity index is 369. The summed E-state index contributed by atoms with van der Waals surface area (Å²) in [5.74, 6) is 3.01. The summed E-state index contributed by atoms with van der Waals surface area (Å²) in [6.45, 7) is 1.98. The van der Waals surface area contributed by atoms with Crippen LogP contribution in [0.1, 0.15) is 26.2 Å². The lowest BCUT2D eigenvalue weighted by Crippen LogP contribution is -2.46. The van der Waals surface area contributed by atoms with Crippen LogP contribution < -0.4 is 10.6 Å². The van der Waals surface area contributed by atoms with Crippen molar-refractivity contribution in [1.82, 2.24) is 10.6 Å². The zero-order valence-corrected chi connectivity index (χ0v) is 10.0. The molecule has 0 aromatic carbocycles. The molecule has 100 valence electrons. The smallest absolute Gasteiger partial charge is 0.326 e. The van der Waals surface area contributed by atoms with Crippen LogP contribution in [-0.2, 0) is 9.59 Å². The fraction of sp³-hybridized carbons (Fsp3) is 0.545. The Morgan fingerprint density at radius 3 is 2.44 bits per heavy atom.